The van der Waals surface area contributed by atoms with Crippen molar-refractivity contribution in [2.75, 3.05) is 13.6 Å². The van der Waals surface area contributed by atoms with Gasteiger partial charge >= 0.3 is 0 Å². The van der Waals surface area contributed by atoms with Crippen LogP contribution in [0.5, 0.6) is 0 Å². The summed E-state index contributed by atoms with van der Waals surface area (Å²) in [5.41, 5.74) is 0.873. The average molecular weight is 252 g/mol. The maximum Gasteiger partial charge on any atom is 0.0190 e. The summed E-state index contributed by atoms with van der Waals surface area (Å²) in [5.74, 6) is 0. The van der Waals surface area contributed by atoms with Gasteiger partial charge in [-0.25, -0.2) is 0 Å². The van der Waals surface area contributed by atoms with Crippen LogP contribution in [0.1, 0.15) is 77.6 Å². The Balaban J connectivity index is 1.75. The maximum absolute atomic E-state index is 3.86. The second-order valence-electron chi connectivity index (χ2n) is 6.89. The lowest BCUT2D eigenvalue weighted by Crippen LogP contribution is -2.50. The molecule has 0 radical (unpaired) electrons. The van der Waals surface area contributed by atoms with Crippen molar-refractivity contribution in [1.82, 2.24) is 10.6 Å². The van der Waals surface area contributed by atoms with Gasteiger partial charge in [0, 0.05) is 11.1 Å². The summed E-state index contributed by atoms with van der Waals surface area (Å²) >= 11 is 0. The molecule has 2 aliphatic carbocycles. The molecule has 0 aromatic heterocycles. The van der Waals surface area contributed by atoms with Gasteiger partial charge in [-0.2, -0.15) is 0 Å². The highest BCUT2D eigenvalue weighted by Gasteiger charge is 2.31. The first-order valence-corrected chi connectivity index (χ1v) is 8.12. The van der Waals surface area contributed by atoms with Gasteiger partial charge in [0.05, 0.1) is 0 Å². The predicted octanol–water partition coefficient (Wildman–Crippen LogP) is 3.61. The minimum absolute atomic E-state index is 0.432. The van der Waals surface area contributed by atoms with E-state index in [-0.39, 0.29) is 0 Å². The van der Waals surface area contributed by atoms with E-state index in [1.54, 1.807) is 0 Å². The van der Waals surface area contributed by atoms with Crippen LogP contribution in [0.15, 0.2) is 0 Å². The Morgan fingerprint density at radius 3 is 1.94 bits per heavy atom. The summed E-state index contributed by atoms with van der Waals surface area (Å²) in [6, 6.07) is 0. The maximum atomic E-state index is 3.86. The third-order valence-corrected chi connectivity index (χ3v) is 5.45. The second kappa shape index (κ2) is 6.38. The fourth-order valence-corrected chi connectivity index (χ4v) is 3.97. The summed E-state index contributed by atoms with van der Waals surface area (Å²) in [6.07, 6.45) is 15.4. The van der Waals surface area contributed by atoms with Crippen molar-refractivity contribution >= 4 is 0 Å². The van der Waals surface area contributed by atoms with Gasteiger partial charge in [0.2, 0.25) is 0 Å². The lowest BCUT2D eigenvalue weighted by atomic mass is 9.78. The molecule has 0 spiro atoms. The first-order valence-electron chi connectivity index (χ1n) is 8.12. The van der Waals surface area contributed by atoms with E-state index in [2.05, 4.69) is 24.6 Å². The van der Waals surface area contributed by atoms with Gasteiger partial charge < -0.3 is 10.6 Å². The number of hydrogen-bond acceptors (Lipinski definition) is 2. The van der Waals surface area contributed by atoms with Crippen LogP contribution in [0, 0.1) is 0 Å². The van der Waals surface area contributed by atoms with Gasteiger partial charge in [-0.3, -0.25) is 0 Å². The number of nitrogens with one attached hydrogen (secondary N) is 2. The van der Waals surface area contributed by atoms with Gasteiger partial charge in [0.25, 0.3) is 0 Å². The van der Waals surface area contributed by atoms with Crippen LogP contribution < -0.4 is 10.6 Å². The Morgan fingerprint density at radius 2 is 1.39 bits per heavy atom. The van der Waals surface area contributed by atoms with E-state index in [4.69, 9.17) is 0 Å². The quantitative estimate of drug-likeness (QED) is 0.781. The highest BCUT2D eigenvalue weighted by molar-refractivity contribution is 4.92. The Bertz CT molecular complexity index is 237. The third-order valence-electron chi connectivity index (χ3n) is 5.45. The summed E-state index contributed by atoms with van der Waals surface area (Å²) in [6.45, 7) is 3.62. The van der Waals surface area contributed by atoms with Crippen molar-refractivity contribution in [1.29, 1.82) is 0 Å². The molecule has 0 aliphatic heterocycles. The van der Waals surface area contributed by atoms with E-state index in [0.717, 1.165) is 0 Å². The zero-order chi connectivity index (χ0) is 12.9. The van der Waals surface area contributed by atoms with Crippen LogP contribution in [0.25, 0.3) is 0 Å². The molecule has 0 atom stereocenters. The molecule has 106 valence electrons. The molecule has 2 aliphatic rings. The molecule has 0 bridgehead atoms. The molecule has 0 aromatic rings. The van der Waals surface area contributed by atoms with E-state index in [0.29, 0.717) is 11.1 Å². The molecule has 18 heavy (non-hydrogen) atoms. The zero-order valence-electron chi connectivity index (χ0n) is 12.5. The van der Waals surface area contributed by atoms with E-state index in [9.17, 15) is 0 Å². The molecule has 2 rings (SSSR count). The zero-order valence-corrected chi connectivity index (χ0v) is 12.5. The average Bonchev–Trinajstić information content (AvgIpc) is 2.40. The highest BCUT2D eigenvalue weighted by atomic mass is 15.0. The lowest BCUT2D eigenvalue weighted by Gasteiger charge is -2.40. The van der Waals surface area contributed by atoms with Crippen molar-refractivity contribution in [3.05, 3.63) is 0 Å². The Labute approximate surface area is 113 Å². The highest BCUT2D eigenvalue weighted by Crippen LogP contribution is 2.31. The second-order valence-corrected chi connectivity index (χ2v) is 6.89. The smallest absolute Gasteiger partial charge is 0.0190 e. The van der Waals surface area contributed by atoms with Crippen LogP contribution in [-0.4, -0.2) is 24.7 Å². The number of hydrogen-bond donors (Lipinski definition) is 2. The molecule has 0 amide bonds. The minimum atomic E-state index is 0.432. The van der Waals surface area contributed by atoms with Crippen molar-refractivity contribution in [2.45, 2.75) is 88.6 Å². The summed E-state index contributed by atoms with van der Waals surface area (Å²) in [5, 5.41) is 7.49. The van der Waals surface area contributed by atoms with Crippen molar-refractivity contribution in [3.63, 3.8) is 0 Å². The Hall–Kier alpha value is -0.0800. The fourth-order valence-electron chi connectivity index (χ4n) is 3.97. The van der Waals surface area contributed by atoms with Crippen LogP contribution >= 0.6 is 0 Å². The van der Waals surface area contributed by atoms with Crippen LogP contribution in [-0.2, 0) is 0 Å². The van der Waals surface area contributed by atoms with E-state index in [1.165, 1.54) is 77.2 Å². The van der Waals surface area contributed by atoms with Crippen LogP contribution in [0.4, 0.5) is 0 Å². The largest absolute Gasteiger partial charge is 0.314 e. The van der Waals surface area contributed by atoms with Crippen LogP contribution in [0.2, 0.25) is 0 Å². The van der Waals surface area contributed by atoms with Gasteiger partial charge in [-0.15, -0.1) is 0 Å². The molecular weight excluding hydrogens is 220 g/mol. The molecule has 0 saturated heterocycles. The van der Waals surface area contributed by atoms with Gasteiger partial charge in [0.15, 0.2) is 0 Å². The van der Waals surface area contributed by atoms with Crippen LogP contribution in [0.3, 0.4) is 0 Å². The van der Waals surface area contributed by atoms with Crippen molar-refractivity contribution in [3.8, 4) is 0 Å². The molecule has 2 N–H and O–H groups in total. The fraction of sp³-hybridized carbons (Fsp3) is 1.00. The molecule has 0 heterocycles. The molecule has 2 saturated carbocycles. The monoisotopic (exact) mass is 252 g/mol. The third kappa shape index (κ3) is 3.71. The molecule has 2 nitrogen and oxygen atoms in total. The van der Waals surface area contributed by atoms with Crippen molar-refractivity contribution in [2.24, 2.45) is 0 Å². The minimum Gasteiger partial charge on any atom is -0.314 e. The molecule has 0 unspecified atom stereocenters. The standard InChI is InChI=1S/C16H32N2/c1-15(9-5-3-6-10-15)18-14-13-16(17-2)11-7-4-8-12-16/h17-18H,3-14H2,1-2H3. The molecule has 2 heteroatoms. The molecular formula is C16H32N2. The Morgan fingerprint density at radius 1 is 0.833 bits per heavy atom. The van der Waals surface area contributed by atoms with Gasteiger partial charge in [0.1, 0.15) is 0 Å². The first-order chi connectivity index (χ1) is 8.68. The Kier molecular flexibility index (Phi) is 5.08. The molecule has 2 fully saturated rings. The van der Waals surface area contributed by atoms with Gasteiger partial charge in [-0.05, 0) is 52.6 Å². The summed E-state index contributed by atoms with van der Waals surface area (Å²) < 4.78 is 0. The normalized spacial score (nSPS) is 27.0. The summed E-state index contributed by atoms with van der Waals surface area (Å²) in [7, 11) is 2.16. The first kappa shape index (κ1) is 14.3. The van der Waals surface area contributed by atoms with Gasteiger partial charge in [-0.1, -0.05) is 38.5 Å². The SMILES string of the molecule is CNC1(CCNC2(C)CCCCC2)CCCCC1. The van der Waals surface area contributed by atoms with Crippen molar-refractivity contribution < 1.29 is 0 Å². The van der Waals surface area contributed by atoms with E-state index in [1.807, 2.05) is 0 Å². The summed E-state index contributed by atoms with van der Waals surface area (Å²) in [4.78, 5) is 0. The predicted molar refractivity (Wildman–Crippen MR) is 79.0 cm³/mol. The van der Waals surface area contributed by atoms with E-state index < -0.39 is 0 Å². The van der Waals surface area contributed by atoms with E-state index >= 15 is 0 Å². The number of rotatable bonds is 5. The topological polar surface area (TPSA) is 24.1 Å². The lowest BCUT2D eigenvalue weighted by molar-refractivity contribution is 0.202. The molecule has 0 aromatic carbocycles.